The van der Waals surface area contributed by atoms with Crippen molar-refractivity contribution in [1.29, 1.82) is 0 Å². The average molecular weight is 238 g/mol. The molecule has 2 N–H and O–H groups in total. The average Bonchev–Trinajstić information content (AvgIpc) is 2.70. The van der Waals surface area contributed by atoms with E-state index < -0.39 is 0 Å². The van der Waals surface area contributed by atoms with E-state index in [-0.39, 0.29) is 5.91 Å². The lowest BCUT2D eigenvalue weighted by Gasteiger charge is -2.20. The molecular weight excluding hydrogens is 220 g/mol. The van der Waals surface area contributed by atoms with Crippen LogP contribution in [0.3, 0.4) is 0 Å². The smallest absolute Gasteiger partial charge is 0.221 e. The summed E-state index contributed by atoms with van der Waals surface area (Å²) in [6.07, 6.45) is 2.75. The highest BCUT2D eigenvalue weighted by molar-refractivity contribution is 7.10. The van der Waals surface area contributed by atoms with Gasteiger partial charge < -0.3 is 10.6 Å². The molecule has 16 heavy (non-hydrogen) atoms. The van der Waals surface area contributed by atoms with Crippen molar-refractivity contribution in [1.82, 2.24) is 10.6 Å². The van der Waals surface area contributed by atoms with Crippen molar-refractivity contribution >= 4 is 17.2 Å². The van der Waals surface area contributed by atoms with Gasteiger partial charge in [-0.3, -0.25) is 4.79 Å². The topological polar surface area (TPSA) is 41.1 Å². The fraction of sp³-hybridized carbons (Fsp3) is 0.583. The van der Waals surface area contributed by atoms with E-state index in [0.717, 1.165) is 19.4 Å². The summed E-state index contributed by atoms with van der Waals surface area (Å²) in [6, 6.07) is 4.87. The number of thiophene rings is 1. The van der Waals surface area contributed by atoms with Crippen LogP contribution in [0.15, 0.2) is 17.5 Å². The molecule has 2 heterocycles. The summed E-state index contributed by atoms with van der Waals surface area (Å²) in [5.41, 5.74) is 0. The molecule has 4 heteroatoms. The first-order chi connectivity index (χ1) is 7.75. The van der Waals surface area contributed by atoms with Crippen LogP contribution in [0.4, 0.5) is 0 Å². The van der Waals surface area contributed by atoms with E-state index in [1.807, 2.05) is 0 Å². The Bertz CT molecular complexity index is 337. The Morgan fingerprint density at radius 1 is 1.62 bits per heavy atom. The molecule has 2 atom stereocenters. The Hall–Kier alpha value is -0.870. The molecule has 1 aliphatic rings. The van der Waals surface area contributed by atoms with E-state index >= 15 is 0 Å². The third-order valence-corrected chi connectivity index (χ3v) is 3.99. The monoisotopic (exact) mass is 238 g/mol. The van der Waals surface area contributed by atoms with Crippen LogP contribution in [-0.4, -0.2) is 18.5 Å². The summed E-state index contributed by atoms with van der Waals surface area (Å²) in [7, 11) is 0. The van der Waals surface area contributed by atoms with Gasteiger partial charge in [-0.05, 0) is 31.2 Å². The van der Waals surface area contributed by atoms with Crippen molar-refractivity contribution in [3.63, 3.8) is 0 Å². The third-order valence-electron chi connectivity index (χ3n) is 2.94. The molecule has 0 bridgehead atoms. The van der Waals surface area contributed by atoms with E-state index in [1.54, 1.807) is 11.3 Å². The molecule has 1 aromatic heterocycles. The molecule has 2 rings (SSSR count). The predicted octanol–water partition coefficient (Wildman–Crippen LogP) is 2.07. The molecule has 1 aromatic rings. The molecule has 0 radical (unpaired) electrons. The van der Waals surface area contributed by atoms with Gasteiger partial charge in [-0.25, -0.2) is 0 Å². The fourth-order valence-electron chi connectivity index (χ4n) is 2.09. The van der Waals surface area contributed by atoms with Crippen LogP contribution in [0.2, 0.25) is 0 Å². The van der Waals surface area contributed by atoms with Gasteiger partial charge in [0.15, 0.2) is 0 Å². The van der Waals surface area contributed by atoms with Crippen LogP contribution in [0.5, 0.6) is 0 Å². The van der Waals surface area contributed by atoms with Crippen LogP contribution in [0.1, 0.15) is 37.1 Å². The summed E-state index contributed by atoms with van der Waals surface area (Å²) < 4.78 is 0. The first kappa shape index (κ1) is 11.6. The van der Waals surface area contributed by atoms with E-state index in [9.17, 15) is 4.79 Å². The normalized spacial score (nSPS) is 23.6. The highest BCUT2D eigenvalue weighted by Gasteiger charge is 2.19. The minimum Gasteiger partial charge on any atom is -0.356 e. The van der Waals surface area contributed by atoms with Crippen molar-refractivity contribution in [2.45, 2.75) is 38.3 Å². The van der Waals surface area contributed by atoms with E-state index in [0.29, 0.717) is 18.5 Å². The summed E-state index contributed by atoms with van der Waals surface area (Å²) in [6.45, 7) is 2.99. The SMILES string of the molecule is C[C@H](NC1CCCNC(=O)C1)c1cccs1. The second kappa shape index (κ2) is 5.46. The van der Waals surface area contributed by atoms with Crippen LogP contribution < -0.4 is 10.6 Å². The molecule has 0 aromatic carbocycles. The number of hydrogen-bond donors (Lipinski definition) is 2. The number of nitrogens with one attached hydrogen (secondary N) is 2. The summed E-state index contributed by atoms with van der Waals surface area (Å²) in [4.78, 5) is 12.8. The van der Waals surface area contributed by atoms with E-state index in [1.165, 1.54) is 4.88 Å². The lowest BCUT2D eigenvalue weighted by atomic mass is 10.1. The van der Waals surface area contributed by atoms with E-state index in [2.05, 4.69) is 35.1 Å². The molecule has 0 aliphatic carbocycles. The van der Waals surface area contributed by atoms with Crippen molar-refractivity contribution in [3.8, 4) is 0 Å². The van der Waals surface area contributed by atoms with Gasteiger partial charge in [0.1, 0.15) is 0 Å². The van der Waals surface area contributed by atoms with Crippen LogP contribution >= 0.6 is 11.3 Å². The maximum Gasteiger partial charge on any atom is 0.221 e. The van der Waals surface area contributed by atoms with Gasteiger partial charge in [-0.2, -0.15) is 0 Å². The zero-order chi connectivity index (χ0) is 11.4. The molecule has 88 valence electrons. The van der Waals surface area contributed by atoms with Crippen molar-refractivity contribution in [3.05, 3.63) is 22.4 Å². The molecule has 1 unspecified atom stereocenters. The molecule has 0 saturated carbocycles. The largest absolute Gasteiger partial charge is 0.356 e. The van der Waals surface area contributed by atoms with Crippen LogP contribution in [0, 0.1) is 0 Å². The van der Waals surface area contributed by atoms with Crippen molar-refractivity contribution in [2.24, 2.45) is 0 Å². The van der Waals surface area contributed by atoms with Crippen LogP contribution in [-0.2, 0) is 4.79 Å². The zero-order valence-corrected chi connectivity index (χ0v) is 10.3. The lowest BCUT2D eigenvalue weighted by molar-refractivity contribution is -0.121. The third kappa shape index (κ3) is 3.06. The standard InChI is InChI=1S/C12H18N2OS/c1-9(11-5-3-7-16-11)14-10-4-2-6-13-12(15)8-10/h3,5,7,9-10,14H,2,4,6,8H2,1H3,(H,13,15)/t9-,10?/m0/s1. The maximum absolute atomic E-state index is 11.4. The van der Waals surface area contributed by atoms with Gasteiger partial charge >= 0.3 is 0 Å². The maximum atomic E-state index is 11.4. The predicted molar refractivity (Wildman–Crippen MR) is 66.5 cm³/mol. The lowest BCUT2D eigenvalue weighted by Crippen LogP contribution is -2.34. The van der Waals surface area contributed by atoms with Gasteiger partial charge in [0.25, 0.3) is 0 Å². The number of amides is 1. The molecule has 0 spiro atoms. The first-order valence-corrected chi connectivity index (χ1v) is 6.70. The number of carbonyl (C=O) groups excluding carboxylic acids is 1. The Kier molecular flexibility index (Phi) is 3.96. The van der Waals surface area contributed by atoms with Gasteiger partial charge in [0, 0.05) is 29.9 Å². The Labute approximate surface area is 100 Å². The van der Waals surface area contributed by atoms with Gasteiger partial charge in [-0.15, -0.1) is 11.3 Å². The summed E-state index contributed by atoms with van der Waals surface area (Å²) in [5.74, 6) is 0.174. The first-order valence-electron chi connectivity index (χ1n) is 5.82. The highest BCUT2D eigenvalue weighted by atomic mass is 32.1. The second-order valence-electron chi connectivity index (χ2n) is 4.30. The number of rotatable bonds is 3. The van der Waals surface area contributed by atoms with Crippen molar-refractivity contribution in [2.75, 3.05) is 6.54 Å². The number of carbonyl (C=O) groups is 1. The van der Waals surface area contributed by atoms with Crippen LogP contribution in [0.25, 0.3) is 0 Å². The van der Waals surface area contributed by atoms with Gasteiger partial charge in [0.2, 0.25) is 5.91 Å². The molecular formula is C12H18N2OS. The molecule has 1 aliphatic heterocycles. The molecule has 1 saturated heterocycles. The second-order valence-corrected chi connectivity index (χ2v) is 5.28. The molecule has 1 fully saturated rings. The Morgan fingerprint density at radius 2 is 2.50 bits per heavy atom. The molecule has 3 nitrogen and oxygen atoms in total. The zero-order valence-electron chi connectivity index (χ0n) is 9.53. The summed E-state index contributed by atoms with van der Waals surface area (Å²) >= 11 is 1.76. The fourth-order valence-corrected chi connectivity index (χ4v) is 2.83. The van der Waals surface area contributed by atoms with Gasteiger partial charge in [-0.1, -0.05) is 6.07 Å². The van der Waals surface area contributed by atoms with Gasteiger partial charge in [0.05, 0.1) is 0 Å². The number of hydrogen-bond acceptors (Lipinski definition) is 3. The Balaban J connectivity index is 1.90. The minimum atomic E-state index is 0.174. The minimum absolute atomic E-state index is 0.174. The van der Waals surface area contributed by atoms with E-state index in [4.69, 9.17) is 0 Å². The molecule has 1 amide bonds. The van der Waals surface area contributed by atoms with Crippen molar-refractivity contribution < 1.29 is 4.79 Å². The summed E-state index contributed by atoms with van der Waals surface area (Å²) in [5, 5.41) is 8.54. The Morgan fingerprint density at radius 3 is 3.25 bits per heavy atom. The quantitative estimate of drug-likeness (QED) is 0.846. The highest BCUT2D eigenvalue weighted by Crippen LogP contribution is 2.20.